The van der Waals surface area contributed by atoms with Gasteiger partial charge in [-0.15, -0.1) is 0 Å². The molecule has 1 amide bonds. The second kappa shape index (κ2) is 6.28. The average molecular weight is 366 g/mol. The molecule has 0 bridgehead atoms. The van der Waals surface area contributed by atoms with Gasteiger partial charge < -0.3 is 17.0 Å². The summed E-state index contributed by atoms with van der Waals surface area (Å²) < 4.78 is 0. The van der Waals surface area contributed by atoms with Crippen LogP contribution in [0.3, 0.4) is 0 Å². The van der Waals surface area contributed by atoms with Crippen LogP contribution in [0.5, 0.6) is 0 Å². The number of rotatable bonds is 2. The fourth-order valence-electron chi connectivity index (χ4n) is 2.17. The molecular weight excluding hydrogens is 354 g/mol. The van der Waals surface area contributed by atoms with Crippen molar-refractivity contribution in [1.29, 1.82) is 5.41 Å². The Labute approximate surface area is 138 Å². The van der Waals surface area contributed by atoms with Gasteiger partial charge in [0.05, 0.1) is 6.54 Å². The maximum atomic E-state index is 12.1. The van der Waals surface area contributed by atoms with E-state index in [1.807, 2.05) is 24.3 Å². The number of nitrogens with zero attached hydrogens (tertiary/aromatic N) is 1. The van der Waals surface area contributed by atoms with E-state index in [-0.39, 0.29) is 22.9 Å². The molecule has 2 aromatic carbocycles. The van der Waals surface area contributed by atoms with Crippen LogP contribution >= 0.6 is 11.6 Å². The van der Waals surface area contributed by atoms with Crippen LogP contribution in [-0.4, -0.2) is 16.8 Å². The minimum absolute atomic E-state index is 0. The first-order valence-electron chi connectivity index (χ1n) is 6.16. The maximum absolute atomic E-state index is 12.1. The third kappa shape index (κ3) is 3.09. The van der Waals surface area contributed by atoms with E-state index in [1.54, 1.807) is 29.3 Å². The van der Waals surface area contributed by atoms with Crippen molar-refractivity contribution in [2.45, 2.75) is 6.54 Å². The molecule has 0 aliphatic carbocycles. The molecule has 108 valence electrons. The van der Waals surface area contributed by atoms with Crippen LogP contribution in [-0.2, 0) is 6.54 Å². The zero-order chi connectivity index (χ0) is 14.1. The minimum Gasteiger partial charge on any atom is -1.00 e. The first kappa shape index (κ1) is 15.5. The normalized spacial score (nSPS) is 12.6. The van der Waals surface area contributed by atoms with E-state index in [0.29, 0.717) is 23.0 Å². The largest absolute Gasteiger partial charge is 1.00 e. The van der Waals surface area contributed by atoms with Gasteiger partial charge in [0.15, 0.2) is 0 Å². The SMILES string of the molecule is N=C1c2ccccc2CN1NC(=O)c1ccc(Cl)cc1.[Br-]. The summed E-state index contributed by atoms with van der Waals surface area (Å²) >= 11 is 5.79. The van der Waals surface area contributed by atoms with Crippen LogP contribution < -0.4 is 22.4 Å². The summed E-state index contributed by atoms with van der Waals surface area (Å²) in [7, 11) is 0. The van der Waals surface area contributed by atoms with E-state index in [4.69, 9.17) is 17.0 Å². The highest BCUT2D eigenvalue weighted by molar-refractivity contribution is 6.30. The first-order chi connectivity index (χ1) is 9.65. The van der Waals surface area contributed by atoms with Crippen LogP contribution in [0.1, 0.15) is 21.5 Å². The van der Waals surface area contributed by atoms with Gasteiger partial charge in [-0.25, -0.2) is 0 Å². The molecule has 0 fully saturated rings. The highest BCUT2D eigenvalue weighted by Gasteiger charge is 2.25. The summed E-state index contributed by atoms with van der Waals surface area (Å²) in [6.07, 6.45) is 0. The molecule has 1 aliphatic heterocycles. The number of benzene rings is 2. The molecule has 3 rings (SSSR count). The fraction of sp³-hybridized carbons (Fsp3) is 0.0667. The molecule has 0 radical (unpaired) electrons. The predicted molar refractivity (Wildman–Crippen MR) is 77.7 cm³/mol. The van der Waals surface area contributed by atoms with Gasteiger partial charge in [-0.1, -0.05) is 35.9 Å². The molecule has 2 N–H and O–H groups in total. The van der Waals surface area contributed by atoms with Gasteiger partial charge in [0.1, 0.15) is 5.84 Å². The molecule has 1 heterocycles. The van der Waals surface area contributed by atoms with E-state index in [1.165, 1.54) is 0 Å². The molecule has 0 spiro atoms. The van der Waals surface area contributed by atoms with Crippen LogP contribution in [0, 0.1) is 5.41 Å². The number of carbonyl (C=O) groups is 1. The van der Waals surface area contributed by atoms with Crippen LogP contribution in [0.25, 0.3) is 0 Å². The molecule has 6 heteroatoms. The Bertz CT molecular complexity index is 688. The van der Waals surface area contributed by atoms with Gasteiger partial charge in [0.25, 0.3) is 5.91 Å². The molecule has 4 nitrogen and oxygen atoms in total. The zero-order valence-electron chi connectivity index (χ0n) is 10.9. The Hall–Kier alpha value is -1.85. The number of amides is 1. The summed E-state index contributed by atoms with van der Waals surface area (Å²) in [6, 6.07) is 14.3. The number of nitrogens with one attached hydrogen (secondary N) is 2. The number of hydrogen-bond acceptors (Lipinski definition) is 2. The number of halogens is 2. The molecular formula is C15H12BrClN3O-. The maximum Gasteiger partial charge on any atom is 0.269 e. The van der Waals surface area contributed by atoms with Crippen molar-refractivity contribution in [2.75, 3.05) is 0 Å². The van der Waals surface area contributed by atoms with E-state index in [9.17, 15) is 4.79 Å². The smallest absolute Gasteiger partial charge is 0.269 e. The minimum atomic E-state index is -0.251. The molecule has 21 heavy (non-hydrogen) atoms. The second-order valence-corrected chi connectivity index (χ2v) is 4.98. The van der Waals surface area contributed by atoms with Crippen molar-refractivity contribution in [1.82, 2.24) is 10.4 Å². The topological polar surface area (TPSA) is 56.2 Å². The third-order valence-corrected chi connectivity index (χ3v) is 3.47. The van der Waals surface area contributed by atoms with E-state index < -0.39 is 0 Å². The fourth-order valence-corrected chi connectivity index (χ4v) is 2.29. The summed E-state index contributed by atoms with van der Waals surface area (Å²) in [5, 5.41) is 10.2. The Morgan fingerprint density at radius 3 is 2.48 bits per heavy atom. The number of fused-ring (bicyclic) bond motifs is 1. The Kier molecular flexibility index (Phi) is 4.65. The summed E-state index contributed by atoms with van der Waals surface area (Å²) in [6.45, 7) is 0.508. The monoisotopic (exact) mass is 364 g/mol. The number of hydrazine groups is 1. The van der Waals surface area contributed by atoms with E-state index in [2.05, 4.69) is 5.43 Å². The zero-order valence-corrected chi connectivity index (χ0v) is 13.3. The van der Waals surface area contributed by atoms with Crippen molar-refractivity contribution >= 4 is 23.3 Å². The van der Waals surface area contributed by atoms with Crippen molar-refractivity contribution < 1.29 is 21.8 Å². The lowest BCUT2D eigenvalue weighted by molar-refractivity contribution is -0.0000130. The lowest BCUT2D eigenvalue weighted by atomic mass is 10.1. The van der Waals surface area contributed by atoms with Crippen LogP contribution in [0.15, 0.2) is 48.5 Å². The van der Waals surface area contributed by atoms with Crippen molar-refractivity contribution in [3.05, 3.63) is 70.2 Å². The van der Waals surface area contributed by atoms with Crippen LogP contribution in [0.4, 0.5) is 0 Å². The molecule has 0 aromatic heterocycles. The van der Waals surface area contributed by atoms with E-state index >= 15 is 0 Å². The van der Waals surface area contributed by atoms with E-state index in [0.717, 1.165) is 11.1 Å². The lowest BCUT2D eigenvalue weighted by Gasteiger charge is -2.18. The summed E-state index contributed by atoms with van der Waals surface area (Å²) in [4.78, 5) is 12.1. The molecule has 0 saturated carbocycles. The average Bonchev–Trinajstić information content (AvgIpc) is 2.77. The standard InChI is InChI=1S/C15H12ClN3O.BrH/c16-12-7-5-10(6-8-12)15(20)18-19-9-11-3-1-2-4-13(11)14(19)17;/h1-8,17H,9H2,(H,18,20);1H/p-1. The lowest BCUT2D eigenvalue weighted by Crippen LogP contribution is -3.00. The highest BCUT2D eigenvalue weighted by atomic mass is 79.9. The van der Waals surface area contributed by atoms with Gasteiger partial charge in [-0.2, -0.15) is 0 Å². The number of hydrogen-bond donors (Lipinski definition) is 2. The van der Waals surface area contributed by atoms with Gasteiger partial charge in [0, 0.05) is 16.1 Å². The van der Waals surface area contributed by atoms with Gasteiger partial charge in [0.2, 0.25) is 0 Å². The van der Waals surface area contributed by atoms with Crippen molar-refractivity contribution in [2.24, 2.45) is 0 Å². The number of carbonyl (C=O) groups excluding carboxylic acids is 1. The molecule has 0 unspecified atom stereocenters. The third-order valence-electron chi connectivity index (χ3n) is 3.21. The van der Waals surface area contributed by atoms with Gasteiger partial charge in [-0.05, 0) is 29.8 Å². The van der Waals surface area contributed by atoms with Crippen LogP contribution in [0.2, 0.25) is 5.02 Å². The first-order valence-corrected chi connectivity index (χ1v) is 6.54. The van der Waals surface area contributed by atoms with Gasteiger partial charge >= 0.3 is 0 Å². The molecule has 0 saturated heterocycles. The molecule has 1 aliphatic rings. The summed E-state index contributed by atoms with van der Waals surface area (Å²) in [5.41, 5.74) is 5.14. The predicted octanol–water partition coefficient (Wildman–Crippen LogP) is -0.170. The molecule has 2 aromatic rings. The molecule has 0 atom stereocenters. The second-order valence-electron chi connectivity index (χ2n) is 4.54. The highest BCUT2D eigenvalue weighted by Crippen LogP contribution is 2.20. The quantitative estimate of drug-likeness (QED) is 0.776. The Morgan fingerprint density at radius 1 is 1.14 bits per heavy atom. The van der Waals surface area contributed by atoms with Gasteiger partial charge in [-0.3, -0.25) is 20.6 Å². The van der Waals surface area contributed by atoms with Crippen molar-refractivity contribution in [3.8, 4) is 0 Å². The number of amidine groups is 1. The van der Waals surface area contributed by atoms with Crippen molar-refractivity contribution in [3.63, 3.8) is 0 Å². The summed E-state index contributed by atoms with van der Waals surface area (Å²) in [5.74, 6) is 0.0575. The Balaban J connectivity index is 0.00000161. The Morgan fingerprint density at radius 2 is 1.81 bits per heavy atom.